The van der Waals surface area contributed by atoms with Gasteiger partial charge in [-0.3, -0.25) is 9.59 Å². The van der Waals surface area contributed by atoms with Crippen LogP contribution >= 0.6 is 11.6 Å². The Labute approximate surface area is 110 Å². The predicted molar refractivity (Wildman–Crippen MR) is 66.8 cm³/mol. The minimum atomic E-state index is -0.260. The molecule has 0 saturated carbocycles. The highest BCUT2D eigenvalue weighted by molar-refractivity contribution is 6.29. The fourth-order valence-electron chi connectivity index (χ4n) is 1.26. The van der Waals surface area contributed by atoms with Gasteiger partial charge < -0.3 is 15.4 Å². The lowest BCUT2D eigenvalue weighted by molar-refractivity contribution is -0.109. The molecule has 0 aliphatic heterocycles. The number of hydrogen-bond acceptors (Lipinski definition) is 4. The van der Waals surface area contributed by atoms with Crippen LogP contribution in [0.2, 0.25) is 5.15 Å². The zero-order valence-corrected chi connectivity index (χ0v) is 10.7. The first-order chi connectivity index (χ1) is 8.67. The lowest BCUT2D eigenvalue weighted by atomic mass is 10.2. The zero-order chi connectivity index (χ0) is 13.4. The molecule has 2 amide bonds. The summed E-state index contributed by atoms with van der Waals surface area (Å²) in [7, 11) is 1.45. The van der Waals surface area contributed by atoms with Gasteiger partial charge in [-0.05, 0) is 12.5 Å². The fourth-order valence-corrected chi connectivity index (χ4v) is 1.46. The highest BCUT2D eigenvalue weighted by Crippen LogP contribution is 2.15. The van der Waals surface area contributed by atoms with Crippen molar-refractivity contribution in [2.24, 2.45) is 0 Å². The molecule has 0 aromatic carbocycles. The van der Waals surface area contributed by atoms with E-state index in [1.165, 1.54) is 19.2 Å². The third kappa shape index (κ3) is 4.58. The van der Waals surface area contributed by atoms with Crippen molar-refractivity contribution in [2.75, 3.05) is 20.2 Å². The molecule has 1 aromatic rings. The quantitative estimate of drug-likeness (QED) is 0.433. The summed E-state index contributed by atoms with van der Waals surface area (Å²) in [5.41, 5.74) is 0.384. The van der Waals surface area contributed by atoms with E-state index < -0.39 is 0 Å². The number of pyridine rings is 1. The Morgan fingerprint density at radius 3 is 2.94 bits per heavy atom. The fraction of sp³-hybridized carbons (Fsp3) is 0.364. The van der Waals surface area contributed by atoms with Gasteiger partial charge in [0.15, 0.2) is 0 Å². The normalized spacial score (nSPS) is 9.67. The number of carbonyl (C=O) groups excluding carboxylic acids is 2. The molecular formula is C11H14ClN3O3. The van der Waals surface area contributed by atoms with Crippen molar-refractivity contribution in [2.45, 2.75) is 6.42 Å². The van der Waals surface area contributed by atoms with E-state index in [4.69, 9.17) is 16.3 Å². The number of hydrogen-bond donors (Lipinski definition) is 2. The minimum absolute atomic E-state index is 0.196. The Bertz CT molecular complexity index is 426. The van der Waals surface area contributed by atoms with Gasteiger partial charge in [-0.25, -0.2) is 4.98 Å². The molecular weight excluding hydrogens is 258 g/mol. The summed E-state index contributed by atoms with van der Waals surface area (Å²) < 4.78 is 4.92. The first-order valence-electron chi connectivity index (χ1n) is 5.34. The maximum absolute atomic E-state index is 11.8. The summed E-state index contributed by atoms with van der Waals surface area (Å²) in [5.74, 6) is 0.0268. The predicted octanol–water partition coefficient (Wildman–Crippen LogP) is 0.609. The van der Waals surface area contributed by atoms with Crippen molar-refractivity contribution in [3.63, 3.8) is 0 Å². The molecule has 98 valence electrons. The van der Waals surface area contributed by atoms with Crippen LogP contribution in [0.4, 0.5) is 0 Å². The summed E-state index contributed by atoms with van der Waals surface area (Å²) in [5, 5.41) is 5.40. The standard InChI is InChI=1S/C11H14ClN3O3/c1-18-10-6-8(5-9(12)15-10)11(17)14-4-2-3-13-7-16/h5-7H,2-4H2,1H3,(H,13,16)(H,14,17). The zero-order valence-electron chi connectivity index (χ0n) is 9.90. The summed E-state index contributed by atoms with van der Waals surface area (Å²) >= 11 is 5.76. The molecule has 1 aromatic heterocycles. The number of halogens is 1. The second-order valence-electron chi connectivity index (χ2n) is 3.40. The SMILES string of the molecule is COc1cc(C(=O)NCCCNC=O)cc(Cl)n1. The summed E-state index contributed by atoms with van der Waals surface area (Å²) in [6, 6.07) is 2.97. The number of aromatic nitrogens is 1. The number of amides is 2. The maximum atomic E-state index is 11.8. The molecule has 0 radical (unpaired) electrons. The summed E-state index contributed by atoms with van der Waals surface area (Å²) in [6.07, 6.45) is 1.27. The highest BCUT2D eigenvalue weighted by Gasteiger charge is 2.08. The van der Waals surface area contributed by atoms with Gasteiger partial charge in [0.05, 0.1) is 7.11 Å². The first-order valence-corrected chi connectivity index (χ1v) is 5.72. The van der Waals surface area contributed by atoms with Gasteiger partial charge in [-0.1, -0.05) is 11.6 Å². The summed E-state index contributed by atoms with van der Waals surface area (Å²) in [4.78, 5) is 25.6. The Morgan fingerprint density at radius 1 is 1.50 bits per heavy atom. The van der Waals surface area contributed by atoms with Crippen molar-refractivity contribution in [1.82, 2.24) is 15.6 Å². The third-order valence-electron chi connectivity index (χ3n) is 2.11. The van der Waals surface area contributed by atoms with Crippen LogP contribution in [0.5, 0.6) is 5.88 Å². The van der Waals surface area contributed by atoms with Gasteiger partial charge in [0, 0.05) is 24.7 Å². The van der Waals surface area contributed by atoms with Gasteiger partial charge in [0.1, 0.15) is 5.15 Å². The van der Waals surface area contributed by atoms with E-state index >= 15 is 0 Å². The number of carbonyl (C=O) groups is 2. The molecule has 1 heterocycles. The van der Waals surface area contributed by atoms with Crippen molar-refractivity contribution in [3.8, 4) is 5.88 Å². The van der Waals surface area contributed by atoms with E-state index in [1.807, 2.05) is 0 Å². The highest BCUT2D eigenvalue weighted by atomic mass is 35.5. The molecule has 0 bridgehead atoms. The van der Waals surface area contributed by atoms with Crippen molar-refractivity contribution < 1.29 is 14.3 Å². The minimum Gasteiger partial charge on any atom is -0.481 e. The average Bonchev–Trinajstić information content (AvgIpc) is 2.37. The van der Waals surface area contributed by atoms with Gasteiger partial charge in [-0.2, -0.15) is 0 Å². The van der Waals surface area contributed by atoms with Crippen LogP contribution in [0.25, 0.3) is 0 Å². The molecule has 0 atom stereocenters. The van der Waals surface area contributed by atoms with E-state index in [1.54, 1.807) is 0 Å². The molecule has 0 fully saturated rings. The number of nitrogens with zero attached hydrogens (tertiary/aromatic N) is 1. The molecule has 7 heteroatoms. The number of methoxy groups -OCH3 is 1. The topological polar surface area (TPSA) is 80.3 Å². The molecule has 6 nitrogen and oxygen atoms in total. The van der Waals surface area contributed by atoms with Gasteiger partial charge in [-0.15, -0.1) is 0 Å². The number of ether oxygens (including phenoxy) is 1. The smallest absolute Gasteiger partial charge is 0.251 e. The Morgan fingerprint density at radius 2 is 2.28 bits per heavy atom. The molecule has 0 saturated heterocycles. The van der Waals surface area contributed by atoms with Crippen molar-refractivity contribution in [3.05, 3.63) is 22.8 Å². The van der Waals surface area contributed by atoms with Crippen LogP contribution < -0.4 is 15.4 Å². The van der Waals surface area contributed by atoms with Crippen molar-refractivity contribution >= 4 is 23.9 Å². The molecule has 0 spiro atoms. The van der Waals surface area contributed by atoms with Crippen LogP contribution in [0.15, 0.2) is 12.1 Å². The van der Waals surface area contributed by atoms with Gasteiger partial charge in [0.2, 0.25) is 12.3 Å². The van der Waals surface area contributed by atoms with Crippen LogP contribution in [0, 0.1) is 0 Å². The van der Waals surface area contributed by atoms with E-state index in [0.29, 0.717) is 31.5 Å². The maximum Gasteiger partial charge on any atom is 0.251 e. The molecule has 0 unspecified atom stereocenters. The third-order valence-corrected chi connectivity index (χ3v) is 2.30. The monoisotopic (exact) mass is 271 g/mol. The van der Waals surface area contributed by atoms with Crippen molar-refractivity contribution in [1.29, 1.82) is 0 Å². The average molecular weight is 272 g/mol. The Balaban J connectivity index is 2.50. The lowest BCUT2D eigenvalue weighted by Crippen LogP contribution is -2.27. The summed E-state index contributed by atoms with van der Waals surface area (Å²) in [6.45, 7) is 0.978. The van der Waals surface area contributed by atoms with Gasteiger partial charge in [0.25, 0.3) is 5.91 Å². The Hall–Kier alpha value is -1.82. The second-order valence-corrected chi connectivity index (χ2v) is 3.79. The van der Waals surface area contributed by atoms with E-state index in [0.717, 1.165) is 0 Å². The molecule has 0 aliphatic rings. The van der Waals surface area contributed by atoms with E-state index in [9.17, 15) is 9.59 Å². The van der Waals surface area contributed by atoms with Crippen LogP contribution in [0.1, 0.15) is 16.8 Å². The molecule has 1 rings (SSSR count). The van der Waals surface area contributed by atoms with E-state index in [-0.39, 0.29) is 16.9 Å². The molecule has 0 aliphatic carbocycles. The number of rotatable bonds is 7. The lowest BCUT2D eigenvalue weighted by Gasteiger charge is -2.06. The largest absolute Gasteiger partial charge is 0.481 e. The van der Waals surface area contributed by atoms with Crippen LogP contribution in [-0.2, 0) is 4.79 Å². The van der Waals surface area contributed by atoms with E-state index in [2.05, 4.69) is 15.6 Å². The van der Waals surface area contributed by atoms with Gasteiger partial charge >= 0.3 is 0 Å². The number of nitrogens with one attached hydrogen (secondary N) is 2. The molecule has 2 N–H and O–H groups in total. The molecule has 18 heavy (non-hydrogen) atoms. The first kappa shape index (κ1) is 14.2. The second kappa shape index (κ2) is 7.50. The van der Waals surface area contributed by atoms with Crippen LogP contribution in [0.3, 0.4) is 0 Å². The van der Waals surface area contributed by atoms with Crippen LogP contribution in [-0.4, -0.2) is 37.5 Å². The Kier molecular flexibility index (Phi) is 5.93.